The molecule has 1 aliphatic heterocycles. The first-order chi connectivity index (χ1) is 10.1. The van der Waals surface area contributed by atoms with Crippen LogP contribution in [0.1, 0.15) is 6.42 Å². The zero-order chi connectivity index (χ0) is 15.5. The van der Waals surface area contributed by atoms with Crippen LogP contribution < -0.4 is 5.73 Å². The van der Waals surface area contributed by atoms with E-state index in [1.807, 2.05) is 0 Å². The van der Waals surface area contributed by atoms with Crippen molar-refractivity contribution in [2.75, 3.05) is 46.2 Å². The highest BCUT2D eigenvalue weighted by Gasteiger charge is 2.22. The fraction of sp³-hybridized carbons (Fsp3) is 0.615. The van der Waals surface area contributed by atoms with Gasteiger partial charge in [0.15, 0.2) is 0 Å². The Labute approximate surface area is 122 Å². The van der Waals surface area contributed by atoms with Gasteiger partial charge >= 0.3 is 0 Å². The van der Waals surface area contributed by atoms with E-state index in [4.69, 9.17) is 19.9 Å². The van der Waals surface area contributed by atoms with Crippen molar-refractivity contribution in [3.63, 3.8) is 0 Å². The quantitative estimate of drug-likeness (QED) is 0.360. The normalized spacial score (nSPS) is 14.2. The first-order valence-electron chi connectivity index (χ1n) is 6.66. The van der Waals surface area contributed by atoms with Gasteiger partial charge in [-0.05, 0) is 0 Å². The summed E-state index contributed by atoms with van der Waals surface area (Å²) in [5, 5.41) is 0. The van der Waals surface area contributed by atoms with Crippen molar-refractivity contribution in [2.24, 2.45) is 5.73 Å². The first kappa shape index (κ1) is 17.3. The zero-order valence-corrected chi connectivity index (χ0v) is 11.8. The molecule has 0 aromatic heterocycles. The molecule has 2 N–H and O–H groups in total. The Balaban J connectivity index is 1.84. The molecule has 0 fully saturated rings. The standard InChI is InChI=1S/C13H20N2O6/c14-11(16)3-5-19-7-9-21-10-8-20-6-4-15-12(17)1-2-13(15)18/h1-2H,3-10H2,(H2,14,16). The maximum Gasteiger partial charge on any atom is 0.253 e. The predicted molar refractivity (Wildman–Crippen MR) is 72.1 cm³/mol. The number of hydrogen-bond acceptors (Lipinski definition) is 6. The van der Waals surface area contributed by atoms with E-state index in [9.17, 15) is 14.4 Å². The molecule has 8 heteroatoms. The second-order valence-electron chi connectivity index (χ2n) is 4.21. The lowest BCUT2D eigenvalue weighted by Gasteiger charge is -2.13. The Bertz CT molecular complexity index is 378. The van der Waals surface area contributed by atoms with E-state index in [1.165, 1.54) is 12.2 Å². The van der Waals surface area contributed by atoms with Gasteiger partial charge in [0.25, 0.3) is 11.8 Å². The monoisotopic (exact) mass is 300 g/mol. The summed E-state index contributed by atoms with van der Waals surface area (Å²) in [5.74, 6) is -1.02. The third-order valence-corrected chi connectivity index (χ3v) is 2.60. The van der Waals surface area contributed by atoms with Crippen molar-refractivity contribution in [2.45, 2.75) is 6.42 Å². The highest BCUT2D eigenvalue weighted by Crippen LogP contribution is 2.02. The molecule has 0 aromatic rings. The molecule has 0 radical (unpaired) electrons. The Morgan fingerprint density at radius 1 is 0.905 bits per heavy atom. The van der Waals surface area contributed by atoms with E-state index >= 15 is 0 Å². The molecule has 21 heavy (non-hydrogen) atoms. The maximum atomic E-state index is 11.2. The van der Waals surface area contributed by atoms with E-state index < -0.39 is 5.91 Å². The third kappa shape index (κ3) is 7.54. The molecule has 0 aliphatic carbocycles. The van der Waals surface area contributed by atoms with Crippen molar-refractivity contribution in [3.8, 4) is 0 Å². The lowest BCUT2D eigenvalue weighted by molar-refractivity contribution is -0.137. The fourth-order valence-corrected chi connectivity index (χ4v) is 1.52. The number of hydrogen-bond donors (Lipinski definition) is 1. The molecule has 0 saturated carbocycles. The summed E-state index contributed by atoms with van der Waals surface area (Å²) in [6.07, 6.45) is 2.68. The van der Waals surface area contributed by atoms with Crippen LogP contribution in [0.25, 0.3) is 0 Å². The second kappa shape index (κ2) is 10.0. The van der Waals surface area contributed by atoms with Crippen LogP contribution in [0.5, 0.6) is 0 Å². The topological polar surface area (TPSA) is 108 Å². The molecule has 0 atom stereocenters. The average molecular weight is 300 g/mol. The fourth-order valence-electron chi connectivity index (χ4n) is 1.52. The van der Waals surface area contributed by atoms with E-state index in [2.05, 4.69) is 0 Å². The lowest BCUT2D eigenvalue weighted by atomic mass is 10.4. The number of nitrogens with zero attached hydrogens (tertiary/aromatic N) is 1. The number of rotatable bonds is 12. The van der Waals surface area contributed by atoms with E-state index in [1.54, 1.807) is 0 Å². The number of imide groups is 1. The summed E-state index contributed by atoms with van der Waals surface area (Å²) in [5.41, 5.74) is 4.95. The smallest absolute Gasteiger partial charge is 0.253 e. The summed E-state index contributed by atoms with van der Waals surface area (Å²) >= 11 is 0. The second-order valence-corrected chi connectivity index (χ2v) is 4.21. The molecule has 0 saturated heterocycles. The molecular weight excluding hydrogens is 280 g/mol. The Morgan fingerprint density at radius 3 is 1.90 bits per heavy atom. The van der Waals surface area contributed by atoms with Gasteiger partial charge < -0.3 is 19.9 Å². The summed E-state index contributed by atoms with van der Waals surface area (Å²) in [4.78, 5) is 34.0. The van der Waals surface area contributed by atoms with Crippen LogP contribution in [-0.4, -0.2) is 68.8 Å². The van der Waals surface area contributed by atoms with Crippen LogP contribution in [0.4, 0.5) is 0 Å². The van der Waals surface area contributed by atoms with Gasteiger partial charge in [0, 0.05) is 18.6 Å². The first-order valence-corrected chi connectivity index (χ1v) is 6.66. The number of nitrogens with two attached hydrogens (primary N) is 1. The molecule has 0 bridgehead atoms. The number of carbonyl (C=O) groups is 3. The highest BCUT2D eigenvalue weighted by molar-refractivity contribution is 6.12. The minimum Gasteiger partial charge on any atom is -0.379 e. The zero-order valence-electron chi connectivity index (χ0n) is 11.8. The summed E-state index contributed by atoms with van der Waals surface area (Å²) in [6, 6.07) is 0. The van der Waals surface area contributed by atoms with Gasteiger partial charge in [0.05, 0.1) is 46.2 Å². The van der Waals surface area contributed by atoms with E-state index in [-0.39, 0.29) is 31.4 Å². The molecule has 1 aliphatic rings. The van der Waals surface area contributed by atoms with Gasteiger partial charge in [-0.3, -0.25) is 19.3 Å². The molecule has 8 nitrogen and oxygen atoms in total. The number of ether oxygens (including phenoxy) is 3. The van der Waals surface area contributed by atoms with Crippen LogP contribution in [0.3, 0.4) is 0 Å². The van der Waals surface area contributed by atoms with Crippen LogP contribution in [0.2, 0.25) is 0 Å². The average Bonchev–Trinajstić information content (AvgIpc) is 2.75. The summed E-state index contributed by atoms with van der Waals surface area (Å²) in [7, 11) is 0. The van der Waals surface area contributed by atoms with Crippen LogP contribution in [0.15, 0.2) is 12.2 Å². The Kier molecular flexibility index (Phi) is 8.25. The number of carbonyl (C=O) groups excluding carboxylic acids is 3. The molecule has 0 unspecified atom stereocenters. The van der Waals surface area contributed by atoms with E-state index in [0.717, 1.165) is 4.90 Å². The van der Waals surface area contributed by atoms with Crippen molar-refractivity contribution in [1.82, 2.24) is 4.90 Å². The lowest BCUT2D eigenvalue weighted by Crippen LogP contribution is -2.33. The predicted octanol–water partition coefficient (Wildman–Crippen LogP) is -1.16. The summed E-state index contributed by atoms with van der Waals surface area (Å²) < 4.78 is 15.6. The van der Waals surface area contributed by atoms with Crippen molar-refractivity contribution < 1.29 is 28.6 Å². The maximum absolute atomic E-state index is 11.2. The number of amides is 3. The SMILES string of the molecule is NC(=O)CCOCCOCCOCCN1C(=O)C=CC1=O. The third-order valence-electron chi connectivity index (χ3n) is 2.60. The van der Waals surface area contributed by atoms with E-state index in [0.29, 0.717) is 33.0 Å². The molecule has 0 aromatic carbocycles. The Morgan fingerprint density at radius 2 is 1.38 bits per heavy atom. The van der Waals surface area contributed by atoms with Gasteiger partial charge in [-0.25, -0.2) is 0 Å². The molecular formula is C13H20N2O6. The van der Waals surface area contributed by atoms with Gasteiger partial charge in [-0.2, -0.15) is 0 Å². The molecule has 0 spiro atoms. The van der Waals surface area contributed by atoms with Crippen LogP contribution in [-0.2, 0) is 28.6 Å². The van der Waals surface area contributed by atoms with Crippen LogP contribution in [0, 0.1) is 0 Å². The van der Waals surface area contributed by atoms with Crippen molar-refractivity contribution in [1.29, 1.82) is 0 Å². The summed E-state index contributed by atoms with van der Waals surface area (Å²) in [6.45, 7) is 2.34. The van der Waals surface area contributed by atoms with Crippen molar-refractivity contribution >= 4 is 17.7 Å². The van der Waals surface area contributed by atoms with Gasteiger partial charge in [0.1, 0.15) is 0 Å². The molecule has 118 valence electrons. The Hall–Kier alpha value is -1.77. The minimum atomic E-state index is -0.394. The highest BCUT2D eigenvalue weighted by atomic mass is 16.5. The van der Waals surface area contributed by atoms with Crippen LogP contribution >= 0.6 is 0 Å². The largest absolute Gasteiger partial charge is 0.379 e. The van der Waals surface area contributed by atoms with Crippen molar-refractivity contribution in [3.05, 3.63) is 12.2 Å². The molecule has 3 amide bonds. The van der Waals surface area contributed by atoms with Gasteiger partial charge in [-0.1, -0.05) is 0 Å². The van der Waals surface area contributed by atoms with Gasteiger partial charge in [-0.15, -0.1) is 0 Å². The van der Waals surface area contributed by atoms with Gasteiger partial charge in [0.2, 0.25) is 5.91 Å². The minimum absolute atomic E-state index is 0.200. The number of primary amides is 1. The molecule has 1 rings (SSSR count). The molecule has 1 heterocycles.